The number of rotatable bonds is 4. The Morgan fingerprint density at radius 3 is 2.23 bits per heavy atom. The van der Waals surface area contributed by atoms with Gasteiger partial charge in [0.25, 0.3) is 0 Å². The molecule has 1 aromatic heterocycles. The van der Waals surface area contributed by atoms with E-state index in [1.165, 1.54) is 16.7 Å². The van der Waals surface area contributed by atoms with Crippen molar-refractivity contribution in [1.82, 2.24) is 4.98 Å². The number of nitrogens with one attached hydrogen (secondary N) is 1. The van der Waals surface area contributed by atoms with Crippen molar-refractivity contribution in [3.8, 4) is 33.9 Å². The highest BCUT2D eigenvalue weighted by atomic mass is 16.5. The Labute approximate surface area is 231 Å². The lowest BCUT2D eigenvalue weighted by Gasteiger charge is -2.36. The maximum Gasteiger partial charge on any atom is 0.128 e. The second-order valence-corrected chi connectivity index (χ2v) is 11.9. The van der Waals surface area contributed by atoms with Crippen LogP contribution >= 0.6 is 0 Å². The van der Waals surface area contributed by atoms with Crippen molar-refractivity contribution in [1.29, 1.82) is 0 Å². The highest BCUT2D eigenvalue weighted by Gasteiger charge is 2.33. The molecular weight excluding hydrogens is 476 g/mol. The zero-order valence-corrected chi connectivity index (χ0v) is 23.2. The van der Waals surface area contributed by atoms with Crippen molar-refractivity contribution < 1.29 is 4.74 Å². The Balaban J connectivity index is 1.39. The molecule has 3 nitrogen and oxygen atoms in total. The fourth-order valence-electron chi connectivity index (χ4n) is 5.50. The molecule has 3 heteroatoms. The lowest BCUT2D eigenvalue weighted by Crippen LogP contribution is -2.26. The third kappa shape index (κ3) is 4.70. The molecule has 0 unspecified atom stereocenters. The van der Waals surface area contributed by atoms with Crippen molar-refractivity contribution in [2.24, 2.45) is 0 Å². The topological polar surface area (TPSA) is 34.1 Å². The highest BCUT2D eigenvalue weighted by Crippen LogP contribution is 2.48. The van der Waals surface area contributed by atoms with E-state index in [1.807, 2.05) is 30.5 Å². The molecule has 1 aliphatic rings. The Morgan fingerprint density at radius 1 is 0.692 bits per heavy atom. The number of hydrogen-bond acceptors (Lipinski definition) is 3. The van der Waals surface area contributed by atoms with Gasteiger partial charge in [-0.25, -0.2) is 0 Å². The molecule has 39 heavy (non-hydrogen) atoms. The van der Waals surface area contributed by atoms with Gasteiger partial charge in [0.2, 0.25) is 0 Å². The van der Waals surface area contributed by atoms with E-state index in [0.717, 1.165) is 45.3 Å². The van der Waals surface area contributed by atoms with Gasteiger partial charge in [-0.15, -0.1) is 0 Å². The number of nitrogens with zero attached hydrogens (tertiary/aromatic N) is 1. The van der Waals surface area contributed by atoms with Crippen LogP contribution in [0.3, 0.4) is 0 Å². The van der Waals surface area contributed by atoms with E-state index < -0.39 is 0 Å². The summed E-state index contributed by atoms with van der Waals surface area (Å²) in [5.74, 6) is 1.61. The monoisotopic (exact) mass is 510 g/mol. The van der Waals surface area contributed by atoms with E-state index in [4.69, 9.17) is 4.74 Å². The van der Waals surface area contributed by atoms with E-state index in [0.29, 0.717) is 0 Å². The Morgan fingerprint density at radius 2 is 1.44 bits per heavy atom. The summed E-state index contributed by atoms with van der Waals surface area (Å²) < 4.78 is 6.53. The fraction of sp³-hybridized carbons (Fsp3) is 0.194. The molecule has 1 N–H and O–H groups in total. The summed E-state index contributed by atoms with van der Waals surface area (Å²) in [6, 6.07) is 36.0. The van der Waals surface area contributed by atoms with Crippen LogP contribution in [0.4, 0.5) is 11.4 Å². The van der Waals surface area contributed by atoms with Crippen LogP contribution in [-0.2, 0) is 10.8 Å². The lowest BCUT2D eigenvalue weighted by atomic mass is 9.73. The van der Waals surface area contributed by atoms with Gasteiger partial charge in [0.05, 0.1) is 11.4 Å². The summed E-state index contributed by atoms with van der Waals surface area (Å²) in [5, 5.41) is 3.73. The zero-order chi connectivity index (χ0) is 27.2. The average molecular weight is 511 g/mol. The summed E-state index contributed by atoms with van der Waals surface area (Å²) in [5.41, 5.74) is 10.3. The van der Waals surface area contributed by atoms with Crippen LogP contribution in [0, 0.1) is 0 Å². The highest BCUT2D eigenvalue weighted by molar-refractivity contribution is 5.88. The number of ether oxygens (including phenoxy) is 1. The van der Waals surface area contributed by atoms with Crippen LogP contribution in [0.5, 0.6) is 11.5 Å². The minimum Gasteiger partial charge on any atom is -0.457 e. The van der Waals surface area contributed by atoms with Crippen LogP contribution in [0.25, 0.3) is 22.4 Å². The molecule has 2 heterocycles. The summed E-state index contributed by atoms with van der Waals surface area (Å²) in [4.78, 5) is 4.58. The zero-order valence-electron chi connectivity index (χ0n) is 23.2. The van der Waals surface area contributed by atoms with Gasteiger partial charge in [-0.1, -0.05) is 89.2 Å². The SMILES string of the molecule is CC(C)(C)c1cc(Oc2cccc(-c3cccc4c3Nc3ccccc3C4(C)C)c2)cc(-c2ccccn2)c1. The maximum atomic E-state index is 6.53. The molecular formula is C36H34N2O. The number of benzene rings is 4. The first-order chi connectivity index (χ1) is 18.7. The van der Waals surface area contributed by atoms with Crippen molar-refractivity contribution in [2.45, 2.75) is 45.4 Å². The largest absolute Gasteiger partial charge is 0.457 e. The van der Waals surface area contributed by atoms with E-state index >= 15 is 0 Å². The molecule has 1 aliphatic heterocycles. The Kier molecular flexibility index (Phi) is 6.03. The van der Waals surface area contributed by atoms with Crippen LogP contribution in [0.1, 0.15) is 51.3 Å². The first kappa shape index (κ1) is 24.9. The average Bonchev–Trinajstić information content (AvgIpc) is 2.93. The maximum absolute atomic E-state index is 6.53. The van der Waals surface area contributed by atoms with Crippen molar-refractivity contribution in [3.63, 3.8) is 0 Å². The number of fused-ring (bicyclic) bond motifs is 2. The van der Waals surface area contributed by atoms with Gasteiger partial charge in [-0.05, 0) is 76.2 Å². The van der Waals surface area contributed by atoms with Crippen LogP contribution in [0.2, 0.25) is 0 Å². The third-order valence-corrected chi connectivity index (χ3v) is 7.71. The normalized spacial score (nSPS) is 13.7. The number of para-hydroxylation sites is 2. The molecule has 5 aromatic rings. The minimum atomic E-state index is -0.101. The molecule has 0 radical (unpaired) electrons. The third-order valence-electron chi connectivity index (χ3n) is 7.71. The minimum absolute atomic E-state index is 0.0252. The van der Waals surface area contributed by atoms with Crippen molar-refractivity contribution in [3.05, 3.63) is 126 Å². The fourth-order valence-corrected chi connectivity index (χ4v) is 5.50. The quantitative estimate of drug-likeness (QED) is 0.261. The summed E-state index contributed by atoms with van der Waals surface area (Å²) in [7, 11) is 0. The molecule has 0 amide bonds. The van der Waals surface area contributed by atoms with E-state index in [2.05, 4.69) is 124 Å². The number of hydrogen-bond donors (Lipinski definition) is 1. The van der Waals surface area contributed by atoms with Gasteiger partial charge in [0.15, 0.2) is 0 Å². The summed E-state index contributed by atoms with van der Waals surface area (Å²) in [6.07, 6.45) is 1.83. The van der Waals surface area contributed by atoms with Crippen LogP contribution in [-0.4, -0.2) is 4.98 Å². The van der Waals surface area contributed by atoms with E-state index in [1.54, 1.807) is 0 Å². The second kappa shape index (κ2) is 9.43. The second-order valence-electron chi connectivity index (χ2n) is 11.9. The van der Waals surface area contributed by atoms with Gasteiger partial charge in [-0.2, -0.15) is 0 Å². The van der Waals surface area contributed by atoms with Gasteiger partial charge >= 0.3 is 0 Å². The van der Waals surface area contributed by atoms with E-state index in [-0.39, 0.29) is 10.8 Å². The molecule has 194 valence electrons. The first-order valence-corrected chi connectivity index (χ1v) is 13.6. The molecule has 0 atom stereocenters. The Bertz CT molecular complexity index is 1660. The number of aromatic nitrogens is 1. The van der Waals surface area contributed by atoms with Gasteiger partial charge in [-0.3, -0.25) is 4.98 Å². The molecule has 0 fully saturated rings. The number of anilines is 2. The van der Waals surface area contributed by atoms with Crippen molar-refractivity contribution >= 4 is 11.4 Å². The summed E-state index contributed by atoms with van der Waals surface area (Å²) in [6.45, 7) is 11.3. The van der Waals surface area contributed by atoms with Gasteiger partial charge in [0.1, 0.15) is 11.5 Å². The first-order valence-electron chi connectivity index (χ1n) is 13.6. The van der Waals surface area contributed by atoms with Crippen LogP contribution in [0.15, 0.2) is 109 Å². The predicted molar refractivity (Wildman–Crippen MR) is 162 cm³/mol. The molecule has 0 aliphatic carbocycles. The predicted octanol–water partition coefficient (Wildman–Crippen LogP) is 9.89. The van der Waals surface area contributed by atoms with Crippen molar-refractivity contribution in [2.75, 3.05) is 5.32 Å². The molecule has 0 saturated carbocycles. The lowest BCUT2D eigenvalue weighted by molar-refractivity contribution is 0.479. The number of pyridine rings is 1. The van der Waals surface area contributed by atoms with Crippen LogP contribution < -0.4 is 10.1 Å². The molecule has 0 saturated heterocycles. The molecule has 6 rings (SSSR count). The standard InChI is InChI=1S/C36H34N2O/c1-35(2,3)26-20-25(32-17-8-9-19-37-32)22-28(23-26)39-27-13-10-12-24(21-27)29-14-11-16-31-34(29)38-33-18-7-6-15-30(33)36(31,4)5/h6-23,38H,1-5H3. The van der Waals surface area contributed by atoms with Gasteiger partial charge in [0, 0.05) is 28.4 Å². The summed E-state index contributed by atoms with van der Waals surface area (Å²) >= 11 is 0. The molecule has 4 aromatic carbocycles. The molecule has 0 bridgehead atoms. The van der Waals surface area contributed by atoms with E-state index in [9.17, 15) is 0 Å². The Hall–Kier alpha value is -4.37. The molecule has 0 spiro atoms. The van der Waals surface area contributed by atoms with Gasteiger partial charge < -0.3 is 10.1 Å². The smallest absolute Gasteiger partial charge is 0.128 e.